The molecule has 2 heterocycles. The van der Waals surface area contributed by atoms with Crippen LogP contribution in [-0.2, 0) is 9.47 Å². The van der Waals surface area contributed by atoms with Gasteiger partial charge >= 0.3 is 12.1 Å². The molecule has 2 aromatic heterocycles. The van der Waals surface area contributed by atoms with E-state index >= 15 is 0 Å². The highest BCUT2D eigenvalue weighted by molar-refractivity contribution is 6.29. The molecule has 9 heteroatoms. The molecule has 0 atom stereocenters. The van der Waals surface area contributed by atoms with Crippen LogP contribution in [-0.4, -0.2) is 39.4 Å². The number of carbonyl (C=O) groups is 2. The normalized spacial score (nSPS) is 11.3. The van der Waals surface area contributed by atoms with E-state index in [1.807, 2.05) is 0 Å². The summed E-state index contributed by atoms with van der Waals surface area (Å²) < 4.78 is 11.2. The molecule has 0 bridgehead atoms. The number of carbonyl (C=O) groups excluding carboxylic acids is 2. The highest BCUT2D eigenvalue weighted by atomic mass is 35.5. The van der Waals surface area contributed by atoms with Gasteiger partial charge in [-0.3, -0.25) is 5.32 Å². The van der Waals surface area contributed by atoms with Crippen molar-refractivity contribution in [1.82, 2.24) is 14.6 Å². The molecule has 22 heavy (non-hydrogen) atoms. The number of hydrogen-bond acceptors (Lipinski definition) is 6. The summed E-state index contributed by atoms with van der Waals surface area (Å²) in [5.41, 5.74) is -0.347. The number of halogens is 1. The first-order chi connectivity index (χ1) is 10.2. The van der Waals surface area contributed by atoms with Crippen LogP contribution in [0.5, 0.6) is 0 Å². The van der Waals surface area contributed by atoms with E-state index in [1.165, 1.54) is 24.0 Å². The zero-order valence-electron chi connectivity index (χ0n) is 12.5. The van der Waals surface area contributed by atoms with Gasteiger partial charge in [0, 0.05) is 0 Å². The third-order valence-corrected chi connectivity index (χ3v) is 2.67. The van der Waals surface area contributed by atoms with Crippen molar-refractivity contribution < 1.29 is 19.1 Å². The Hall–Kier alpha value is -2.35. The highest BCUT2D eigenvalue weighted by Gasteiger charge is 2.23. The molecule has 0 aliphatic carbocycles. The van der Waals surface area contributed by atoms with Gasteiger partial charge in [0.05, 0.1) is 25.2 Å². The van der Waals surface area contributed by atoms with Gasteiger partial charge in [0.2, 0.25) is 0 Å². The molecular weight excluding hydrogens is 312 g/mol. The number of ether oxygens (including phenoxy) is 2. The average Bonchev–Trinajstić information content (AvgIpc) is 2.75. The van der Waals surface area contributed by atoms with E-state index in [0.29, 0.717) is 0 Å². The average molecular weight is 327 g/mol. The van der Waals surface area contributed by atoms with E-state index in [-0.39, 0.29) is 22.1 Å². The molecule has 1 N–H and O–H groups in total. The molecule has 0 aliphatic heterocycles. The molecule has 8 nitrogen and oxygen atoms in total. The van der Waals surface area contributed by atoms with Gasteiger partial charge in [-0.05, 0) is 20.8 Å². The number of nitrogens with one attached hydrogen (secondary N) is 1. The maximum atomic E-state index is 12.0. The minimum atomic E-state index is -0.721. The van der Waals surface area contributed by atoms with Gasteiger partial charge in [0.15, 0.2) is 5.65 Å². The molecule has 0 spiro atoms. The second-order valence-electron chi connectivity index (χ2n) is 5.38. The Kier molecular flexibility index (Phi) is 4.23. The van der Waals surface area contributed by atoms with Crippen LogP contribution < -0.4 is 5.32 Å². The lowest BCUT2D eigenvalue weighted by Crippen LogP contribution is -2.28. The van der Waals surface area contributed by atoms with Crippen LogP contribution in [0.25, 0.3) is 5.65 Å². The van der Waals surface area contributed by atoms with Crippen LogP contribution in [0.1, 0.15) is 31.1 Å². The zero-order chi connectivity index (χ0) is 16.5. The highest BCUT2D eigenvalue weighted by Crippen LogP contribution is 2.22. The van der Waals surface area contributed by atoms with Gasteiger partial charge in [0.1, 0.15) is 16.3 Å². The molecule has 0 saturated heterocycles. The van der Waals surface area contributed by atoms with Gasteiger partial charge in [-0.2, -0.15) is 5.10 Å². The number of imidazole rings is 1. The van der Waals surface area contributed by atoms with Crippen molar-refractivity contribution in [2.45, 2.75) is 26.4 Å². The summed E-state index contributed by atoms with van der Waals surface area (Å²) in [6.07, 6.45) is 2.00. The van der Waals surface area contributed by atoms with E-state index in [2.05, 4.69) is 15.4 Å². The summed E-state index contributed by atoms with van der Waals surface area (Å²) in [6.45, 7) is 5.18. The number of nitrogens with zero attached hydrogens (tertiary/aromatic N) is 3. The summed E-state index contributed by atoms with van der Waals surface area (Å²) in [7, 11) is 1.22. The van der Waals surface area contributed by atoms with E-state index in [4.69, 9.17) is 21.1 Å². The Bertz CT molecular complexity index is 735. The van der Waals surface area contributed by atoms with E-state index in [0.717, 1.165) is 0 Å². The van der Waals surface area contributed by atoms with Crippen molar-refractivity contribution in [1.29, 1.82) is 0 Å². The van der Waals surface area contributed by atoms with Gasteiger partial charge in [-0.15, -0.1) is 0 Å². The Morgan fingerprint density at radius 2 is 2.05 bits per heavy atom. The molecule has 118 valence electrons. The first-order valence-corrected chi connectivity index (χ1v) is 6.71. The largest absolute Gasteiger partial charge is 0.465 e. The molecule has 0 aromatic carbocycles. The van der Waals surface area contributed by atoms with E-state index in [9.17, 15) is 9.59 Å². The monoisotopic (exact) mass is 326 g/mol. The van der Waals surface area contributed by atoms with Crippen LogP contribution in [0.15, 0.2) is 12.4 Å². The van der Waals surface area contributed by atoms with Crippen molar-refractivity contribution in [3.63, 3.8) is 0 Å². The zero-order valence-corrected chi connectivity index (χ0v) is 13.3. The van der Waals surface area contributed by atoms with Crippen molar-refractivity contribution >= 4 is 35.0 Å². The predicted molar refractivity (Wildman–Crippen MR) is 79.2 cm³/mol. The summed E-state index contributed by atoms with van der Waals surface area (Å²) >= 11 is 5.81. The maximum absolute atomic E-state index is 12.0. The van der Waals surface area contributed by atoms with Gasteiger partial charge in [-0.25, -0.2) is 19.1 Å². The SMILES string of the molecule is COC(=O)c1c(NC(=O)OC(C)(C)C)cnn2cc(Cl)nc12. The molecule has 0 unspecified atom stereocenters. The summed E-state index contributed by atoms with van der Waals surface area (Å²) in [4.78, 5) is 27.8. The number of fused-ring (bicyclic) bond motifs is 1. The summed E-state index contributed by atoms with van der Waals surface area (Å²) in [5, 5.41) is 6.64. The molecule has 1 amide bonds. The third-order valence-electron chi connectivity index (χ3n) is 2.49. The van der Waals surface area contributed by atoms with Gasteiger partial charge < -0.3 is 9.47 Å². The van der Waals surface area contributed by atoms with Crippen LogP contribution in [0.3, 0.4) is 0 Å². The molecule has 0 fully saturated rings. The Morgan fingerprint density at radius 1 is 1.36 bits per heavy atom. The third kappa shape index (κ3) is 3.45. The molecule has 2 aromatic rings. The second kappa shape index (κ2) is 5.80. The number of anilines is 1. The lowest BCUT2D eigenvalue weighted by atomic mass is 10.2. The van der Waals surface area contributed by atoms with E-state index < -0.39 is 17.7 Å². The van der Waals surface area contributed by atoms with Crippen LogP contribution >= 0.6 is 11.6 Å². The van der Waals surface area contributed by atoms with Gasteiger partial charge in [0.25, 0.3) is 0 Å². The van der Waals surface area contributed by atoms with Crippen LogP contribution in [0.4, 0.5) is 10.5 Å². The fraction of sp³-hybridized carbons (Fsp3) is 0.385. The number of esters is 1. The first kappa shape index (κ1) is 16.0. The van der Waals surface area contributed by atoms with Crippen LogP contribution in [0.2, 0.25) is 5.15 Å². The van der Waals surface area contributed by atoms with Crippen LogP contribution in [0, 0.1) is 0 Å². The minimum Gasteiger partial charge on any atom is -0.465 e. The molecule has 0 aliphatic rings. The smallest absolute Gasteiger partial charge is 0.412 e. The number of methoxy groups -OCH3 is 1. The fourth-order valence-electron chi connectivity index (χ4n) is 1.72. The van der Waals surface area contributed by atoms with Crippen molar-refractivity contribution in [2.75, 3.05) is 12.4 Å². The van der Waals surface area contributed by atoms with Crippen molar-refractivity contribution in [3.05, 3.63) is 23.1 Å². The number of hydrogen-bond donors (Lipinski definition) is 1. The fourth-order valence-corrected chi connectivity index (χ4v) is 1.89. The second-order valence-corrected chi connectivity index (χ2v) is 5.77. The standard InChI is InChI=1S/C13H15ClN4O4/c1-13(2,3)22-12(20)16-7-5-15-18-6-8(14)17-10(18)9(7)11(19)21-4/h5-6H,1-4H3,(H,16,20). The maximum Gasteiger partial charge on any atom is 0.412 e. The lowest BCUT2D eigenvalue weighted by molar-refractivity contribution is 0.0603. The van der Waals surface area contributed by atoms with Gasteiger partial charge in [-0.1, -0.05) is 11.6 Å². The van der Waals surface area contributed by atoms with Crippen molar-refractivity contribution in [2.24, 2.45) is 0 Å². The quantitative estimate of drug-likeness (QED) is 0.852. The van der Waals surface area contributed by atoms with E-state index in [1.54, 1.807) is 20.8 Å². The Morgan fingerprint density at radius 3 is 2.64 bits per heavy atom. The lowest BCUT2D eigenvalue weighted by Gasteiger charge is -2.20. The predicted octanol–water partition coefficient (Wildman–Crippen LogP) is 2.52. The molecule has 0 saturated carbocycles. The molecule has 2 rings (SSSR count). The molecule has 0 radical (unpaired) electrons. The molecular formula is C13H15ClN4O4. The Balaban J connectivity index is 2.44. The number of aromatic nitrogens is 3. The Labute approximate surface area is 131 Å². The number of rotatable bonds is 2. The minimum absolute atomic E-state index is 0.0373. The van der Waals surface area contributed by atoms with Crippen molar-refractivity contribution in [3.8, 4) is 0 Å². The summed E-state index contributed by atoms with van der Waals surface area (Å²) in [5.74, 6) is -0.680. The summed E-state index contributed by atoms with van der Waals surface area (Å²) in [6, 6.07) is 0. The first-order valence-electron chi connectivity index (χ1n) is 6.33. The topological polar surface area (TPSA) is 94.8 Å². The number of amides is 1.